The molecule has 0 aromatic heterocycles. The van der Waals surface area contributed by atoms with Crippen molar-refractivity contribution in [2.45, 2.75) is 297 Å². The van der Waals surface area contributed by atoms with Crippen LogP contribution in [-0.2, 0) is 28.6 Å². The molecule has 0 saturated carbocycles. The van der Waals surface area contributed by atoms with Gasteiger partial charge in [0, 0.05) is 19.3 Å². The maximum atomic E-state index is 12.8. The van der Waals surface area contributed by atoms with E-state index >= 15 is 0 Å². The van der Waals surface area contributed by atoms with Crippen molar-refractivity contribution >= 4 is 17.9 Å². The molecule has 0 bridgehead atoms. The highest BCUT2D eigenvalue weighted by Gasteiger charge is 2.19. The normalized spacial score (nSPS) is 12.8. The summed E-state index contributed by atoms with van der Waals surface area (Å²) < 4.78 is 16.8. The molecule has 0 radical (unpaired) electrons. The molecule has 0 spiro atoms. The predicted octanol–water partition coefficient (Wildman–Crippen LogP) is 20.9. The van der Waals surface area contributed by atoms with E-state index < -0.39 is 6.10 Å². The van der Waals surface area contributed by atoms with Crippen LogP contribution in [0.5, 0.6) is 0 Å². The van der Waals surface area contributed by atoms with E-state index in [1.54, 1.807) is 0 Å². The summed E-state index contributed by atoms with van der Waals surface area (Å²) in [7, 11) is 0. The zero-order chi connectivity index (χ0) is 52.9. The first kappa shape index (κ1) is 69.3. The van der Waals surface area contributed by atoms with Crippen molar-refractivity contribution in [1.82, 2.24) is 0 Å². The SMILES string of the molecule is CC/C=C\C/C=C\C/C=C\C/C=C\C/C=C\C/C=C\C/C=C\C/C=C\CCCCCCCCC(=O)OCC(COC(=O)CCCCCCCCCCCC)OC(=O)CCCCCCCCCCCCCCCC. The Bertz CT molecular complexity index is 1440. The molecule has 0 rings (SSSR count). The maximum absolute atomic E-state index is 12.8. The van der Waals surface area contributed by atoms with E-state index in [-0.39, 0.29) is 31.1 Å². The quantitative estimate of drug-likeness (QED) is 0.0261. The molecule has 418 valence electrons. The van der Waals surface area contributed by atoms with Crippen molar-refractivity contribution in [3.8, 4) is 0 Å². The van der Waals surface area contributed by atoms with Crippen LogP contribution < -0.4 is 0 Å². The summed E-state index contributed by atoms with van der Waals surface area (Å²) in [6.45, 7) is 6.52. The van der Waals surface area contributed by atoms with Crippen molar-refractivity contribution in [3.05, 3.63) is 97.2 Å². The van der Waals surface area contributed by atoms with Gasteiger partial charge in [-0.05, 0) is 83.5 Å². The first-order valence-corrected chi connectivity index (χ1v) is 30.7. The number of allylic oxidation sites excluding steroid dienone is 16. The van der Waals surface area contributed by atoms with Crippen LogP contribution in [0, 0.1) is 0 Å². The lowest BCUT2D eigenvalue weighted by molar-refractivity contribution is -0.167. The molecule has 0 fully saturated rings. The monoisotopic (exact) mass is 1010 g/mol. The lowest BCUT2D eigenvalue weighted by atomic mass is 10.0. The van der Waals surface area contributed by atoms with Crippen LogP contribution in [0.4, 0.5) is 0 Å². The highest BCUT2D eigenvalue weighted by atomic mass is 16.6. The van der Waals surface area contributed by atoms with E-state index in [9.17, 15) is 14.4 Å². The zero-order valence-electron chi connectivity index (χ0n) is 47.9. The molecule has 6 nitrogen and oxygen atoms in total. The van der Waals surface area contributed by atoms with E-state index in [0.29, 0.717) is 19.3 Å². The van der Waals surface area contributed by atoms with Gasteiger partial charge in [0.25, 0.3) is 0 Å². The molecule has 0 saturated heterocycles. The molecule has 0 aliphatic rings. The van der Waals surface area contributed by atoms with Gasteiger partial charge in [-0.3, -0.25) is 14.4 Å². The van der Waals surface area contributed by atoms with Gasteiger partial charge in [0.05, 0.1) is 0 Å². The summed E-state index contributed by atoms with van der Waals surface area (Å²) in [5.74, 6) is -0.887. The summed E-state index contributed by atoms with van der Waals surface area (Å²) in [6.07, 6.45) is 81.3. The fourth-order valence-electron chi connectivity index (χ4n) is 8.52. The van der Waals surface area contributed by atoms with Crippen molar-refractivity contribution in [2.24, 2.45) is 0 Å². The summed E-state index contributed by atoms with van der Waals surface area (Å²) >= 11 is 0. The highest BCUT2D eigenvalue weighted by molar-refractivity contribution is 5.71. The summed E-state index contributed by atoms with van der Waals surface area (Å²) in [5, 5.41) is 0. The van der Waals surface area contributed by atoms with Gasteiger partial charge in [-0.1, -0.05) is 285 Å². The Hall–Kier alpha value is -3.67. The third-order valence-electron chi connectivity index (χ3n) is 13.1. The molecular formula is C67H114O6. The molecule has 73 heavy (non-hydrogen) atoms. The van der Waals surface area contributed by atoms with Crippen molar-refractivity contribution in [3.63, 3.8) is 0 Å². The first-order valence-electron chi connectivity index (χ1n) is 30.7. The molecule has 0 aromatic carbocycles. The summed E-state index contributed by atoms with van der Waals surface area (Å²) in [5.41, 5.74) is 0. The second-order valence-electron chi connectivity index (χ2n) is 20.2. The zero-order valence-corrected chi connectivity index (χ0v) is 47.9. The first-order chi connectivity index (χ1) is 36.0. The topological polar surface area (TPSA) is 78.9 Å². The molecule has 0 N–H and O–H groups in total. The van der Waals surface area contributed by atoms with Crippen LogP contribution in [0.1, 0.15) is 290 Å². The van der Waals surface area contributed by atoms with E-state index in [1.807, 2.05) is 0 Å². The number of rotatable bonds is 55. The number of hydrogen-bond donors (Lipinski definition) is 0. The van der Waals surface area contributed by atoms with Crippen molar-refractivity contribution < 1.29 is 28.6 Å². The van der Waals surface area contributed by atoms with E-state index in [0.717, 1.165) is 122 Å². The van der Waals surface area contributed by atoms with Crippen molar-refractivity contribution in [2.75, 3.05) is 13.2 Å². The largest absolute Gasteiger partial charge is 0.462 e. The smallest absolute Gasteiger partial charge is 0.306 e. The standard InChI is InChI=1S/C67H114O6/c1-4-7-10-13-16-19-22-24-26-27-28-29-30-31-32-33-34-35-36-37-38-39-40-41-42-44-45-48-51-54-57-60-66(69)72-63-64(62-71-65(68)59-56-53-50-47-21-18-15-12-9-6-3)73-67(70)61-58-55-52-49-46-43-25-23-20-17-14-11-8-5-2/h7,10,16,19,24,26,28-29,31-32,34-35,37-38,40-41,64H,4-6,8-9,11-15,17-18,20-23,25,27,30,33,36,39,42-63H2,1-3H3/b10-7-,19-16-,26-24-,29-28-,32-31-,35-34-,38-37-,41-40-. The Morgan fingerprint density at radius 3 is 0.836 bits per heavy atom. The second-order valence-corrected chi connectivity index (χ2v) is 20.2. The maximum Gasteiger partial charge on any atom is 0.306 e. The molecule has 1 atom stereocenters. The van der Waals surface area contributed by atoms with Gasteiger partial charge in [0.1, 0.15) is 13.2 Å². The minimum Gasteiger partial charge on any atom is -0.462 e. The predicted molar refractivity (Wildman–Crippen MR) is 316 cm³/mol. The average molecular weight is 1020 g/mol. The third kappa shape index (κ3) is 59.1. The van der Waals surface area contributed by atoms with Gasteiger partial charge in [-0.25, -0.2) is 0 Å². The number of unbranched alkanes of at least 4 members (excludes halogenated alkanes) is 28. The average Bonchev–Trinajstić information content (AvgIpc) is 3.39. The Labute approximate surface area is 451 Å². The fraction of sp³-hybridized carbons (Fsp3) is 0.716. The molecule has 0 aromatic rings. The molecule has 0 aliphatic carbocycles. The number of ether oxygens (including phenoxy) is 3. The van der Waals surface area contributed by atoms with E-state index in [1.165, 1.54) is 128 Å². The van der Waals surface area contributed by atoms with E-state index in [4.69, 9.17) is 14.2 Å². The van der Waals surface area contributed by atoms with Crippen LogP contribution in [0.3, 0.4) is 0 Å². The second kappa shape index (κ2) is 60.9. The molecule has 0 aliphatic heterocycles. The van der Waals surface area contributed by atoms with Gasteiger partial charge >= 0.3 is 17.9 Å². The molecule has 0 heterocycles. The van der Waals surface area contributed by atoms with Crippen LogP contribution in [0.15, 0.2) is 97.2 Å². The van der Waals surface area contributed by atoms with Crippen LogP contribution in [-0.4, -0.2) is 37.2 Å². The van der Waals surface area contributed by atoms with Gasteiger partial charge in [0.15, 0.2) is 6.10 Å². The molecule has 0 amide bonds. The Morgan fingerprint density at radius 2 is 0.534 bits per heavy atom. The Balaban J connectivity index is 4.24. The lowest BCUT2D eigenvalue weighted by Gasteiger charge is -2.18. The summed E-state index contributed by atoms with van der Waals surface area (Å²) in [4.78, 5) is 38.1. The Kier molecular flexibility index (Phi) is 57.8. The van der Waals surface area contributed by atoms with Gasteiger partial charge in [0.2, 0.25) is 0 Å². The van der Waals surface area contributed by atoms with Crippen LogP contribution in [0.25, 0.3) is 0 Å². The fourth-order valence-corrected chi connectivity index (χ4v) is 8.52. The van der Waals surface area contributed by atoms with Gasteiger partial charge in [-0.15, -0.1) is 0 Å². The number of carbonyl (C=O) groups is 3. The number of esters is 3. The lowest BCUT2D eigenvalue weighted by Crippen LogP contribution is -2.30. The number of hydrogen-bond acceptors (Lipinski definition) is 6. The minimum absolute atomic E-state index is 0.0781. The minimum atomic E-state index is -0.779. The van der Waals surface area contributed by atoms with Gasteiger partial charge in [-0.2, -0.15) is 0 Å². The van der Waals surface area contributed by atoms with Crippen molar-refractivity contribution in [1.29, 1.82) is 0 Å². The third-order valence-corrected chi connectivity index (χ3v) is 13.1. The van der Waals surface area contributed by atoms with Gasteiger partial charge < -0.3 is 14.2 Å². The highest BCUT2D eigenvalue weighted by Crippen LogP contribution is 2.16. The van der Waals surface area contributed by atoms with Crippen LogP contribution >= 0.6 is 0 Å². The van der Waals surface area contributed by atoms with Crippen LogP contribution in [0.2, 0.25) is 0 Å². The number of carbonyl (C=O) groups excluding carboxylic acids is 3. The van der Waals surface area contributed by atoms with E-state index in [2.05, 4.69) is 118 Å². The Morgan fingerprint density at radius 1 is 0.288 bits per heavy atom. The summed E-state index contributed by atoms with van der Waals surface area (Å²) in [6, 6.07) is 0. The molecular weight excluding hydrogens is 901 g/mol. The molecule has 1 unspecified atom stereocenters. The molecule has 6 heteroatoms.